The first-order chi connectivity index (χ1) is 20.2. The number of carbonyl (C=O) groups is 1. The van der Waals surface area contributed by atoms with Crippen LogP contribution in [0.3, 0.4) is 0 Å². The highest BCUT2D eigenvalue weighted by atomic mass is 35.5. The molecular weight excluding hydrogens is 572 g/mol. The average molecular weight is 611 g/mol. The molecule has 2 N–H and O–H groups in total. The first-order valence-electron chi connectivity index (χ1n) is 15.1. The summed E-state index contributed by atoms with van der Waals surface area (Å²) in [6.07, 6.45) is 9.04. The van der Waals surface area contributed by atoms with Gasteiger partial charge in [0.25, 0.3) is 5.91 Å². The van der Waals surface area contributed by atoms with Crippen LogP contribution in [0.5, 0.6) is 5.75 Å². The number of nitrogens with one attached hydrogen (secondary N) is 1. The van der Waals surface area contributed by atoms with Crippen LogP contribution in [0.15, 0.2) is 48.6 Å². The Labute approximate surface area is 253 Å². The molecule has 1 spiro atoms. The van der Waals surface area contributed by atoms with Gasteiger partial charge in [0.1, 0.15) is 5.75 Å². The average Bonchev–Trinajstić information content (AvgIpc) is 3.37. The van der Waals surface area contributed by atoms with Gasteiger partial charge in [0.2, 0.25) is 0 Å². The number of fused-ring (bicyclic) bond motifs is 5. The summed E-state index contributed by atoms with van der Waals surface area (Å²) in [7, 11) is -2.99. The highest BCUT2D eigenvalue weighted by Crippen LogP contribution is 2.46. The standard InChI is InChI=1S/C33H39ClN2O5S/c1-42(39)31-18-40-17-24(31)4-2-6-29(37)26-10-7-23(26)16-36-19-33(13-3-5-21-14-25(34)9-11-27(21)33)20-41-30-12-8-22(15-28(30)36)32(38)35-42/h2,6,8-9,11-12,14-15,23-24,26,29,31,37H,1,3-5,7,10,13,16-20H2,(H,35,38,39)/b6-2+/t23-,24-,26+,29+,31-,33-,42?/m0/s1. The van der Waals surface area contributed by atoms with E-state index in [4.69, 9.17) is 21.1 Å². The zero-order chi connectivity index (χ0) is 29.1. The largest absolute Gasteiger partial charge is 0.490 e. The molecule has 2 bridgehead atoms. The van der Waals surface area contributed by atoms with Gasteiger partial charge in [0.15, 0.2) is 0 Å². The molecule has 1 amide bonds. The summed E-state index contributed by atoms with van der Waals surface area (Å²) < 4.78 is 28.8. The van der Waals surface area contributed by atoms with Gasteiger partial charge in [-0.2, -0.15) is 0 Å². The number of aliphatic hydroxyl groups excluding tert-OH is 1. The fourth-order valence-corrected chi connectivity index (χ4v) is 9.76. The molecule has 3 heterocycles. The van der Waals surface area contributed by atoms with E-state index in [1.54, 1.807) is 6.07 Å². The van der Waals surface area contributed by atoms with Gasteiger partial charge < -0.3 is 19.5 Å². The van der Waals surface area contributed by atoms with Gasteiger partial charge >= 0.3 is 0 Å². The van der Waals surface area contributed by atoms with Crippen LogP contribution in [0, 0.1) is 17.8 Å². The summed E-state index contributed by atoms with van der Waals surface area (Å²) in [4.78, 5) is 15.9. The van der Waals surface area contributed by atoms with E-state index >= 15 is 0 Å². The van der Waals surface area contributed by atoms with Gasteiger partial charge in [0.05, 0.1) is 46.6 Å². The summed E-state index contributed by atoms with van der Waals surface area (Å²) in [5, 5.41) is 11.6. The van der Waals surface area contributed by atoms with Crippen molar-refractivity contribution in [1.29, 1.82) is 0 Å². The van der Waals surface area contributed by atoms with Crippen LogP contribution < -0.4 is 14.4 Å². The Morgan fingerprint density at radius 2 is 2.02 bits per heavy atom. The molecular formula is C33H39ClN2O5S. The fraction of sp³-hybridized carbons (Fsp3) is 0.515. The van der Waals surface area contributed by atoms with Crippen LogP contribution in [0.2, 0.25) is 5.02 Å². The Balaban J connectivity index is 1.29. The minimum atomic E-state index is -2.99. The molecule has 0 aromatic heterocycles. The van der Waals surface area contributed by atoms with Gasteiger partial charge in [-0.1, -0.05) is 29.8 Å². The van der Waals surface area contributed by atoms with E-state index in [0.29, 0.717) is 31.1 Å². The van der Waals surface area contributed by atoms with Crippen LogP contribution in [0.4, 0.5) is 5.69 Å². The molecule has 5 aliphatic rings. The maximum absolute atomic E-state index is 13.8. The van der Waals surface area contributed by atoms with E-state index in [1.165, 1.54) is 11.1 Å². The molecule has 1 saturated carbocycles. The normalized spacial score (nSPS) is 36.9. The minimum Gasteiger partial charge on any atom is -0.490 e. The van der Waals surface area contributed by atoms with Gasteiger partial charge in [0, 0.05) is 35.0 Å². The Kier molecular flexibility index (Phi) is 7.32. The Bertz CT molecular complexity index is 1530. The molecule has 9 heteroatoms. The van der Waals surface area contributed by atoms with Crippen molar-refractivity contribution in [2.45, 2.75) is 55.3 Å². The quantitative estimate of drug-likeness (QED) is 0.337. The molecule has 3 aliphatic heterocycles. The Hall–Kier alpha value is -2.52. The number of anilines is 1. The van der Waals surface area contributed by atoms with Gasteiger partial charge in [-0.3, -0.25) is 9.52 Å². The van der Waals surface area contributed by atoms with Crippen molar-refractivity contribution < 1.29 is 23.6 Å². The van der Waals surface area contributed by atoms with Crippen LogP contribution in [-0.4, -0.2) is 65.4 Å². The van der Waals surface area contributed by atoms with Gasteiger partial charge in [-0.25, -0.2) is 4.21 Å². The number of aliphatic hydroxyl groups is 1. The molecule has 1 unspecified atom stereocenters. The summed E-state index contributed by atoms with van der Waals surface area (Å²) in [6, 6.07) is 11.7. The third-order valence-corrected chi connectivity index (χ3v) is 12.6. The molecule has 7 nitrogen and oxygen atoms in total. The van der Waals surface area contributed by atoms with E-state index in [1.807, 2.05) is 30.4 Å². The van der Waals surface area contributed by atoms with Gasteiger partial charge in [-0.15, -0.1) is 0 Å². The lowest BCUT2D eigenvalue weighted by Crippen LogP contribution is -2.49. The van der Waals surface area contributed by atoms with Crippen molar-refractivity contribution in [2.24, 2.45) is 17.8 Å². The summed E-state index contributed by atoms with van der Waals surface area (Å²) in [5.41, 5.74) is 3.63. The number of amides is 1. The number of carbonyl (C=O) groups excluding carboxylic acids is 1. The Morgan fingerprint density at radius 1 is 1.14 bits per heavy atom. The zero-order valence-corrected chi connectivity index (χ0v) is 25.4. The first kappa shape index (κ1) is 28.3. The van der Waals surface area contributed by atoms with Crippen molar-refractivity contribution in [3.05, 3.63) is 70.3 Å². The van der Waals surface area contributed by atoms with E-state index in [9.17, 15) is 14.1 Å². The van der Waals surface area contributed by atoms with E-state index in [2.05, 4.69) is 27.6 Å². The highest BCUT2D eigenvalue weighted by molar-refractivity contribution is 7.99. The van der Waals surface area contributed by atoms with E-state index < -0.39 is 27.0 Å². The zero-order valence-electron chi connectivity index (χ0n) is 23.8. The number of rotatable bonds is 0. The van der Waals surface area contributed by atoms with Gasteiger partial charge in [-0.05, 0) is 97.7 Å². The highest BCUT2D eigenvalue weighted by Gasteiger charge is 2.44. The second kappa shape index (κ2) is 10.9. The number of hydrogen-bond donors (Lipinski definition) is 2. The van der Waals surface area contributed by atoms with Crippen LogP contribution in [-0.2, 0) is 26.3 Å². The minimum absolute atomic E-state index is 0.0378. The predicted molar refractivity (Wildman–Crippen MR) is 167 cm³/mol. The topological polar surface area (TPSA) is 88.1 Å². The fourth-order valence-electron chi connectivity index (χ4n) is 7.86. The van der Waals surface area contributed by atoms with E-state index in [-0.39, 0.29) is 23.9 Å². The second-order valence-electron chi connectivity index (χ2n) is 12.9. The molecule has 7 rings (SSSR count). The van der Waals surface area contributed by atoms with E-state index in [0.717, 1.165) is 61.7 Å². The smallest absolute Gasteiger partial charge is 0.262 e. The van der Waals surface area contributed by atoms with Crippen LogP contribution in [0.1, 0.15) is 53.6 Å². The maximum Gasteiger partial charge on any atom is 0.262 e. The SMILES string of the molecule is C=S1(=O)NC(=O)c2ccc3c(c2)N(C[C@@H]2CC[C@H]2[C@H](O)/C=C/C[C@H]2COC[C@@H]21)C[C@@]1(CCCc2cc(Cl)ccc21)CO3. The molecule has 1 saturated heterocycles. The number of allylic oxidation sites excluding steroid dienone is 1. The molecule has 0 radical (unpaired) electrons. The second-order valence-corrected chi connectivity index (χ2v) is 15.6. The summed E-state index contributed by atoms with van der Waals surface area (Å²) in [6.45, 7) is 2.77. The Morgan fingerprint density at radius 3 is 2.86 bits per heavy atom. The predicted octanol–water partition coefficient (Wildman–Crippen LogP) is 4.54. The van der Waals surface area contributed by atoms with Crippen molar-refractivity contribution in [1.82, 2.24) is 4.72 Å². The number of aryl methyl sites for hydroxylation is 1. The maximum atomic E-state index is 13.8. The first-order valence-corrected chi connectivity index (χ1v) is 17.3. The van der Waals surface area contributed by atoms with Crippen molar-refractivity contribution in [3.8, 4) is 5.75 Å². The van der Waals surface area contributed by atoms with Crippen LogP contribution in [0.25, 0.3) is 0 Å². The lowest BCUT2D eigenvalue weighted by molar-refractivity contribution is 0.0455. The third kappa shape index (κ3) is 5.04. The lowest BCUT2D eigenvalue weighted by Gasteiger charge is -2.45. The van der Waals surface area contributed by atoms with Crippen LogP contribution >= 0.6 is 11.6 Å². The molecule has 2 aromatic carbocycles. The lowest BCUT2D eigenvalue weighted by atomic mass is 9.68. The molecule has 42 heavy (non-hydrogen) atoms. The molecule has 2 aromatic rings. The number of benzene rings is 2. The monoisotopic (exact) mass is 610 g/mol. The number of nitrogens with zero attached hydrogens (tertiary/aromatic N) is 1. The molecule has 2 aliphatic carbocycles. The third-order valence-electron chi connectivity index (χ3n) is 10.3. The molecule has 2 fully saturated rings. The number of ether oxygens (including phenoxy) is 2. The summed E-state index contributed by atoms with van der Waals surface area (Å²) >= 11 is 6.40. The van der Waals surface area contributed by atoms with Crippen molar-refractivity contribution >= 4 is 38.8 Å². The molecule has 224 valence electrons. The number of hydrogen-bond acceptors (Lipinski definition) is 6. The van der Waals surface area contributed by atoms with Crippen molar-refractivity contribution in [3.63, 3.8) is 0 Å². The van der Waals surface area contributed by atoms with Crippen molar-refractivity contribution in [2.75, 3.05) is 37.8 Å². The molecule has 7 atom stereocenters. The summed E-state index contributed by atoms with van der Waals surface area (Å²) in [5.74, 6) is 4.74. The number of halogens is 1.